The molecular weight excluding hydrogens is 202 g/mol. The van der Waals surface area contributed by atoms with Gasteiger partial charge in [-0.3, -0.25) is 0 Å². The van der Waals surface area contributed by atoms with Gasteiger partial charge in [-0.1, -0.05) is 0 Å². The van der Waals surface area contributed by atoms with Gasteiger partial charge in [-0.05, 0) is 0 Å². The average Bonchev–Trinajstić information content (AvgIpc) is 1.88. The molecule has 0 radical (unpaired) electrons. The molecule has 0 atom stereocenters. The first-order chi connectivity index (χ1) is 5.00. The van der Waals surface area contributed by atoms with Gasteiger partial charge in [-0.25, -0.2) is 8.78 Å². The second kappa shape index (κ2) is 6.45. The van der Waals surface area contributed by atoms with Crippen LogP contribution in [0.25, 0.3) is 0 Å². The van der Waals surface area contributed by atoms with Gasteiger partial charge in [0.1, 0.15) is 6.61 Å². The molecule has 7 heteroatoms. The zero-order valence-corrected chi connectivity index (χ0v) is 6.92. The van der Waals surface area contributed by atoms with Crippen LogP contribution in [-0.2, 0) is 4.74 Å². The predicted octanol–water partition coefficient (Wildman–Crippen LogP) is 1.28. The molecule has 0 aliphatic rings. The lowest BCUT2D eigenvalue weighted by Gasteiger charge is -2.14. The van der Waals surface area contributed by atoms with Gasteiger partial charge in [0.05, 0.1) is 6.61 Å². The van der Waals surface area contributed by atoms with Crippen molar-refractivity contribution < 1.29 is 22.3 Å². The van der Waals surface area contributed by atoms with E-state index in [2.05, 4.69) is 4.74 Å². The maximum atomic E-state index is 12.0. The van der Waals surface area contributed by atoms with E-state index in [0.29, 0.717) is 0 Å². The minimum atomic E-state index is -4.06. The Bertz CT molecular complexity index is 114. The fraction of sp³-hybridized carbons (Fsp3) is 1.00. The monoisotopic (exact) mass is 211 g/mol. The van der Waals surface area contributed by atoms with Crippen LogP contribution in [-0.4, -0.2) is 32.1 Å². The van der Waals surface area contributed by atoms with Gasteiger partial charge in [0, 0.05) is 6.54 Å². The second-order valence-electron chi connectivity index (χ2n) is 1.90. The maximum absolute atomic E-state index is 12.0. The van der Waals surface area contributed by atoms with Crippen molar-refractivity contribution in [1.82, 2.24) is 0 Å². The van der Waals surface area contributed by atoms with Crippen LogP contribution in [0.4, 0.5) is 17.6 Å². The molecule has 2 nitrogen and oxygen atoms in total. The normalized spacial score (nSPS) is 11.5. The highest BCUT2D eigenvalue weighted by Crippen LogP contribution is 2.22. The van der Waals surface area contributed by atoms with Crippen LogP contribution in [0.2, 0.25) is 0 Å². The smallest absolute Gasteiger partial charge is 0.330 e. The summed E-state index contributed by atoms with van der Waals surface area (Å²) in [5, 5.41) is 0. The summed E-state index contributed by atoms with van der Waals surface area (Å²) in [5.74, 6) is -4.06. The highest BCUT2D eigenvalue weighted by molar-refractivity contribution is 5.85. The summed E-state index contributed by atoms with van der Waals surface area (Å²) in [5.41, 5.74) is 4.88. The van der Waals surface area contributed by atoms with Gasteiger partial charge in [0.2, 0.25) is 0 Å². The van der Waals surface area contributed by atoms with Crippen LogP contribution in [0.3, 0.4) is 0 Å². The van der Waals surface area contributed by atoms with Crippen LogP contribution in [0, 0.1) is 0 Å². The van der Waals surface area contributed by atoms with Crippen molar-refractivity contribution in [2.24, 2.45) is 5.73 Å². The molecule has 0 fully saturated rings. The molecule has 0 aromatic heterocycles. The van der Waals surface area contributed by atoms with Crippen LogP contribution < -0.4 is 5.73 Å². The molecule has 2 N–H and O–H groups in total. The quantitative estimate of drug-likeness (QED) is 0.549. The molecule has 0 amide bonds. The lowest BCUT2D eigenvalue weighted by Crippen LogP contribution is -2.33. The maximum Gasteiger partial charge on any atom is 0.330 e. The standard InChI is InChI=1S/C5H9F4NO.ClH/c6-4(7)5(8,9)3-11-2-1-10;/h4H,1-3,10H2;1H. The second-order valence-corrected chi connectivity index (χ2v) is 1.90. The van der Waals surface area contributed by atoms with Crippen molar-refractivity contribution in [1.29, 1.82) is 0 Å². The van der Waals surface area contributed by atoms with Crippen molar-refractivity contribution in [3.05, 3.63) is 0 Å². The Balaban J connectivity index is 0. The first-order valence-corrected chi connectivity index (χ1v) is 2.94. The number of nitrogens with two attached hydrogens (primary N) is 1. The molecule has 0 saturated carbocycles. The van der Waals surface area contributed by atoms with Crippen molar-refractivity contribution in [2.45, 2.75) is 12.3 Å². The third kappa shape index (κ3) is 5.56. The highest BCUT2D eigenvalue weighted by Gasteiger charge is 2.40. The van der Waals surface area contributed by atoms with Crippen LogP contribution in [0.15, 0.2) is 0 Å². The summed E-state index contributed by atoms with van der Waals surface area (Å²) in [6, 6.07) is 0. The molecule has 0 unspecified atom stereocenters. The van der Waals surface area contributed by atoms with Crippen molar-refractivity contribution in [2.75, 3.05) is 19.8 Å². The summed E-state index contributed by atoms with van der Waals surface area (Å²) < 4.78 is 50.8. The molecule has 0 heterocycles. The van der Waals surface area contributed by atoms with E-state index < -0.39 is 19.0 Å². The molecule has 0 aromatic carbocycles. The summed E-state index contributed by atoms with van der Waals surface area (Å²) >= 11 is 0. The van der Waals surface area contributed by atoms with Crippen molar-refractivity contribution >= 4 is 12.4 Å². The third-order valence-electron chi connectivity index (χ3n) is 0.876. The van der Waals surface area contributed by atoms with Crippen LogP contribution in [0.5, 0.6) is 0 Å². The van der Waals surface area contributed by atoms with Gasteiger partial charge in [-0.2, -0.15) is 8.78 Å². The molecule has 0 aliphatic carbocycles. The molecule has 0 saturated heterocycles. The van der Waals surface area contributed by atoms with E-state index in [1.54, 1.807) is 0 Å². The number of alkyl halides is 4. The molecule has 0 rings (SSSR count). The Hall–Kier alpha value is -0.0700. The number of halogens is 5. The van der Waals surface area contributed by atoms with E-state index in [0.717, 1.165) is 0 Å². The Morgan fingerprint density at radius 2 is 1.83 bits per heavy atom. The average molecular weight is 212 g/mol. The molecule has 76 valence electrons. The first-order valence-electron chi connectivity index (χ1n) is 2.94. The summed E-state index contributed by atoms with van der Waals surface area (Å²) in [4.78, 5) is 0. The largest absolute Gasteiger partial charge is 0.374 e. The van der Waals surface area contributed by atoms with Crippen LogP contribution >= 0.6 is 12.4 Å². The summed E-state index contributed by atoms with van der Waals surface area (Å²) in [6.07, 6.45) is -3.68. The molecular formula is C5H10ClF4NO. The van der Waals surface area contributed by atoms with E-state index in [-0.39, 0.29) is 25.6 Å². The van der Waals surface area contributed by atoms with E-state index in [1.165, 1.54) is 0 Å². The Kier molecular flexibility index (Phi) is 7.76. The topological polar surface area (TPSA) is 35.2 Å². The number of ether oxygens (including phenoxy) is 1. The van der Waals surface area contributed by atoms with Gasteiger partial charge in [-0.15, -0.1) is 12.4 Å². The zero-order valence-electron chi connectivity index (χ0n) is 6.10. The Morgan fingerprint density at radius 3 is 2.17 bits per heavy atom. The number of hydrogen-bond acceptors (Lipinski definition) is 2. The minimum absolute atomic E-state index is 0. The zero-order chi connectivity index (χ0) is 8.91. The first kappa shape index (κ1) is 14.5. The molecule has 0 bridgehead atoms. The van der Waals surface area contributed by atoms with Gasteiger partial charge in [0.15, 0.2) is 0 Å². The van der Waals surface area contributed by atoms with Crippen LogP contribution in [0.1, 0.15) is 0 Å². The Morgan fingerprint density at radius 1 is 1.33 bits per heavy atom. The fourth-order valence-electron chi connectivity index (χ4n) is 0.355. The Labute approximate surface area is 73.5 Å². The van der Waals surface area contributed by atoms with E-state index >= 15 is 0 Å². The number of rotatable bonds is 5. The van der Waals surface area contributed by atoms with Gasteiger partial charge < -0.3 is 10.5 Å². The minimum Gasteiger partial charge on any atom is -0.374 e. The highest BCUT2D eigenvalue weighted by atomic mass is 35.5. The summed E-state index contributed by atoms with van der Waals surface area (Å²) in [6.45, 7) is -1.37. The SMILES string of the molecule is Cl.NCCOCC(F)(F)C(F)F. The molecule has 0 spiro atoms. The molecule has 0 aromatic rings. The lowest BCUT2D eigenvalue weighted by molar-refractivity contribution is -0.165. The van der Waals surface area contributed by atoms with Gasteiger partial charge >= 0.3 is 12.3 Å². The fourth-order valence-corrected chi connectivity index (χ4v) is 0.355. The van der Waals surface area contributed by atoms with E-state index in [1.807, 2.05) is 0 Å². The number of hydrogen-bond donors (Lipinski definition) is 1. The molecule has 0 aliphatic heterocycles. The molecule has 12 heavy (non-hydrogen) atoms. The van der Waals surface area contributed by atoms with Crippen molar-refractivity contribution in [3.63, 3.8) is 0 Å². The lowest BCUT2D eigenvalue weighted by atomic mass is 10.4. The van der Waals surface area contributed by atoms with E-state index in [4.69, 9.17) is 5.73 Å². The summed E-state index contributed by atoms with van der Waals surface area (Å²) in [7, 11) is 0. The van der Waals surface area contributed by atoms with E-state index in [9.17, 15) is 17.6 Å². The third-order valence-corrected chi connectivity index (χ3v) is 0.876. The predicted molar refractivity (Wildman–Crippen MR) is 38.1 cm³/mol. The van der Waals surface area contributed by atoms with Crippen molar-refractivity contribution in [3.8, 4) is 0 Å². The van der Waals surface area contributed by atoms with Gasteiger partial charge in [0.25, 0.3) is 0 Å².